The minimum Gasteiger partial charge on any atom is -0.463 e. The number of nitrogens with zero attached hydrogens (tertiary/aromatic N) is 1. The molecule has 1 aliphatic heterocycles. The Labute approximate surface area is 191 Å². The number of allylic oxidation sites excluding steroid dienone is 1. The summed E-state index contributed by atoms with van der Waals surface area (Å²) < 4.78 is 12.2. The first kappa shape index (κ1) is 21.0. The van der Waals surface area contributed by atoms with Crippen molar-refractivity contribution in [1.82, 2.24) is 4.90 Å². The van der Waals surface area contributed by atoms with Crippen LogP contribution in [-0.4, -0.2) is 37.9 Å². The van der Waals surface area contributed by atoms with E-state index in [4.69, 9.17) is 9.47 Å². The predicted octanol–water partition coefficient (Wildman–Crippen LogP) is 6.35. The van der Waals surface area contributed by atoms with Crippen LogP contribution < -0.4 is 4.74 Å². The molecular formula is C29H31NO2. The molecule has 2 unspecified atom stereocenters. The molecule has 32 heavy (non-hydrogen) atoms. The van der Waals surface area contributed by atoms with Crippen LogP contribution in [0.1, 0.15) is 41.9 Å². The van der Waals surface area contributed by atoms with Crippen LogP contribution in [0.25, 0.3) is 17.2 Å². The summed E-state index contributed by atoms with van der Waals surface area (Å²) in [5.41, 5.74) is 6.32. The highest BCUT2D eigenvalue weighted by atomic mass is 16.7. The number of benzene rings is 3. The summed E-state index contributed by atoms with van der Waals surface area (Å²) in [7, 11) is 1.74. The number of hydrogen-bond donors (Lipinski definition) is 0. The lowest BCUT2D eigenvalue weighted by Crippen LogP contribution is -2.35. The fourth-order valence-electron chi connectivity index (χ4n) is 4.94. The smallest absolute Gasteiger partial charge is 0.212 e. The highest BCUT2D eigenvalue weighted by molar-refractivity contribution is 5.72. The molecular weight excluding hydrogens is 394 g/mol. The molecule has 1 fully saturated rings. The molecule has 164 valence electrons. The minimum atomic E-state index is -0.278. The average molecular weight is 426 g/mol. The van der Waals surface area contributed by atoms with Crippen molar-refractivity contribution >= 4 is 6.08 Å². The Bertz CT molecular complexity index is 1070. The third-order valence-corrected chi connectivity index (χ3v) is 6.66. The summed E-state index contributed by atoms with van der Waals surface area (Å²) >= 11 is 0. The summed E-state index contributed by atoms with van der Waals surface area (Å²) in [6.07, 6.45) is 7.79. The first-order chi connectivity index (χ1) is 15.8. The van der Waals surface area contributed by atoms with E-state index in [1.54, 1.807) is 7.11 Å². The van der Waals surface area contributed by atoms with Gasteiger partial charge in [0.1, 0.15) is 5.75 Å². The maximum absolute atomic E-state index is 6.45. The number of fused-ring (bicyclic) bond motifs is 1. The SMILES string of the molecule is COC(CN1CCCC1)Oc1ccc(C2CC=Cc3ccccc32)cc1-c1ccccc1. The van der Waals surface area contributed by atoms with Gasteiger partial charge in [-0.2, -0.15) is 0 Å². The highest BCUT2D eigenvalue weighted by Crippen LogP contribution is 2.39. The van der Waals surface area contributed by atoms with Gasteiger partial charge in [-0.15, -0.1) is 0 Å². The molecule has 3 heteroatoms. The Balaban J connectivity index is 1.48. The molecule has 0 aromatic heterocycles. The molecule has 3 nitrogen and oxygen atoms in total. The van der Waals surface area contributed by atoms with Crippen molar-refractivity contribution in [3.8, 4) is 16.9 Å². The van der Waals surface area contributed by atoms with Crippen molar-refractivity contribution in [2.24, 2.45) is 0 Å². The molecule has 3 aromatic rings. The van der Waals surface area contributed by atoms with Crippen molar-refractivity contribution < 1.29 is 9.47 Å². The van der Waals surface area contributed by atoms with Crippen molar-refractivity contribution in [1.29, 1.82) is 0 Å². The monoisotopic (exact) mass is 425 g/mol. The first-order valence-electron chi connectivity index (χ1n) is 11.7. The topological polar surface area (TPSA) is 21.7 Å². The normalized spacial score (nSPS) is 19.0. The highest BCUT2D eigenvalue weighted by Gasteiger charge is 2.23. The van der Waals surface area contributed by atoms with Crippen LogP contribution in [0.5, 0.6) is 5.75 Å². The number of ether oxygens (including phenoxy) is 2. The van der Waals surface area contributed by atoms with E-state index in [0.29, 0.717) is 5.92 Å². The van der Waals surface area contributed by atoms with E-state index < -0.39 is 0 Å². The molecule has 5 rings (SSSR count). The van der Waals surface area contributed by atoms with Crippen molar-refractivity contribution in [2.75, 3.05) is 26.7 Å². The second-order valence-electron chi connectivity index (χ2n) is 8.73. The molecule has 3 aromatic carbocycles. The fourth-order valence-corrected chi connectivity index (χ4v) is 4.94. The maximum atomic E-state index is 6.45. The fraction of sp³-hybridized carbons (Fsp3) is 0.310. The lowest BCUT2D eigenvalue weighted by atomic mass is 9.81. The van der Waals surface area contributed by atoms with E-state index in [-0.39, 0.29) is 6.29 Å². The molecule has 1 heterocycles. The van der Waals surface area contributed by atoms with E-state index in [9.17, 15) is 0 Å². The molecule has 2 aliphatic rings. The standard InChI is InChI=1S/C29H31NO2/c1-31-29(21-30-18-7-8-19-30)32-28-17-16-24(20-27(28)23-10-3-2-4-11-23)26-15-9-13-22-12-5-6-14-25(22)26/h2-6,9-14,16-17,20,26,29H,7-8,15,18-19,21H2,1H3. The summed E-state index contributed by atoms with van der Waals surface area (Å²) in [4.78, 5) is 2.43. The van der Waals surface area contributed by atoms with Gasteiger partial charge >= 0.3 is 0 Å². The minimum absolute atomic E-state index is 0.278. The van der Waals surface area contributed by atoms with Crippen LogP contribution in [0.4, 0.5) is 0 Å². The quantitative estimate of drug-likeness (QED) is 0.412. The first-order valence-corrected chi connectivity index (χ1v) is 11.7. The molecule has 1 aliphatic carbocycles. The number of methoxy groups -OCH3 is 1. The zero-order chi connectivity index (χ0) is 21.8. The van der Waals surface area contributed by atoms with Gasteiger partial charge in [0.15, 0.2) is 0 Å². The second kappa shape index (κ2) is 9.72. The van der Waals surface area contributed by atoms with Crippen LogP contribution in [0, 0.1) is 0 Å². The Morgan fingerprint density at radius 1 is 0.938 bits per heavy atom. The van der Waals surface area contributed by atoms with Crippen LogP contribution in [0.3, 0.4) is 0 Å². The average Bonchev–Trinajstić information content (AvgIpc) is 3.37. The van der Waals surface area contributed by atoms with E-state index in [1.807, 2.05) is 0 Å². The van der Waals surface area contributed by atoms with Gasteiger partial charge < -0.3 is 9.47 Å². The summed E-state index contributed by atoms with van der Waals surface area (Å²) in [6.45, 7) is 3.05. The maximum Gasteiger partial charge on any atom is 0.212 e. The molecule has 1 saturated heterocycles. The lowest BCUT2D eigenvalue weighted by Gasteiger charge is -2.26. The van der Waals surface area contributed by atoms with Gasteiger partial charge in [-0.3, -0.25) is 4.90 Å². The molecule has 0 saturated carbocycles. The lowest BCUT2D eigenvalue weighted by molar-refractivity contribution is -0.0686. The molecule has 0 radical (unpaired) electrons. The Hall–Kier alpha value is -2.88. The summed E-state index contributed by atoms with van der Waals surface area (Å²) in [5.74, 6) is 1.24. The largest absolute Gasteiger partial charge is 0.463 e. The van der Waals surface area contributed by atoms with Gasteiger partial charge in [0.05, 0.1) is 6.54 Å². The summed E-state index contributed by atoms with van der Waals surface area (Å²) in [5, 5.41) is 0. The Kier molecular flexibility index (Phi) is 6.38. The predicted molar refractivity (Wildman–Crippen MR) is 131 cm³/mol. The van der Waals surface area contributed by atoms with Gasteiger partial charge in [-0.1, -0.05) is 72.8 Å². The zero-order valence-corrected chi connectivity index (χ0v) is 18.7. The van der Waals surface area contributed by atoms with Crippen LogP contribution in [0.2, 0.25) is 0 Å². The molecule has 2 atom stereocenters. The van der Waals surface area contributed by atoms with Crippen molar-refractivity contribution in [3.63, 3.8) is 0 Å². The van der Waals surface area contributed by atoms with Gasteiger partial charge in [-0.05, 0) is 66.7 Å². The van der Waals surface area contributed by atoms with Gasteiger partial charge in [0.2, 0.25) is 6.29 Å². The molecule has 0 spiro atoms. The number of rotatable bonds is 7. The number of likely N-dealkylation sites (tertiary alicyclic amines) is 1. The van der Waals surface area contributed by atoms with Crippen LogP contribution in [0.15, 0.2) is 78.9 Å². The Morgan fingerprint density at radius 3 is 2.53 bits per heavy atom. The van der Waals surface area contributed by atoms with Gasteiger partial charge in [-0.25, -0.2) is 0 Å². The van der Waals surface area contributed by atoms with Crippen molar-refractivity contribution in [3.05, 3.63) is 95.6 Å². The zero-order valence-electron chi connectivity index (χ0n) is 18.7. The van der Waals surface area contributed by atoms with Gasteiger partial charge in [0, 0.05) is 18.6 Å². The number of hydrogen-bond acceptors (Lipinski definition) is 3. The van der Waals surface area contributed by atoms with E-state index in [1.165, 1.54) is 35.1 Å². The third kappa shape index (κ3) is 4.50. The molecule has 0 amide bonds. The molecule has 0 bridgehead atoms. The van der Waals surface area contributed by atoms with E-state index in [0.717, 1.165) is 37.4 Å². The van der Waals surface area contributed by atoms with E-state index >= 15 is 0 Å². The van der Waals surface area contributed by atoms with Crippen LogP contribution >= 0.6 is 0 Å². The van der Waals surface area contributed by atoms with Crippen molar-refractivity contribution in [2.45, 2.75) is 31.5 Å². The molecule has 0 N–H and O–H groups in total. The van der Waals surface area contributed by atoms with E-state index in [2.05, 4.69) is 89.8 Å². The second-order valence-corrected chi connectivity index (χ2v) is 8.73. The van der Waals surface area contributed by atoms with Crippen LogP contribution in [-0.2, 0) is 4.74 Å². The van der Waals surface area contributed by atoms with Gasteiger partial charge in [0.25, 0.3) is 0 Å². The third-order valence-electron chi connectivity index (χ3n) is 6.66. The Morgan fingerprint density at radius 2 is 1.72 bits per heavy atom. The summed E-state index contributed by atoms with van der Waals surface area (Å²) in [6, 6.07) is 25.9.